The van der Waals surface area contributed by atoms with Crippen LogP contribution in [0.5, 0.6) is 5.75 Å². The van der Waals surface area contributed by atoms with Crippen LogP contribution in [0.25, 0.3) is 21.8 Å². The maximum Gasteiger partial charge on any atom is 0.233 e. The van der Waals surface area contributed by atoms with Crippen molar-refractivity contribution in [2.24, 2.45) is 0 Å². The third kappa shape index (κ3) is 4.50. The normalized spacial score (nSPS) is 15.9. The Balaban J connectivity index is 1.37. The molecule has 3 aromatic carbocycles. The van der Waals surface area contributed by atoms with Gasteiger partial charge in [0, 0.05) is 39.5 Å². The summed E-state index contributed by atoms with van der Waals surface area (Å²) in [5.74, 6) is 1.39. The van der Waals surface area contributed by atoms with E-state index in [1.54, 1.807) is 18.9 Å². The second-order valence-electron chi connectivity index (χ2n) is 8.08. The molecule has 1 N–H and O–H groups in total. The molecule has 0 aliphatic carbocycles. The van der Waals surface area contributed by atoms with Gasteiger partial charge in [-0.15, -0.1) is 11.8 Å². The van der Waals surface area contributed by atoms with E-state index >= 15 is 0 Å². The van der Waals surface area contributed by atoms with Crippen LogP contribution in [0.4, 0.5) is 5.69 Å². The lowest BCUT2D eigenvalue weighted by Crippen LogP contribution is -2.30. The van der Waals surface area contributed by atoms with Crippen molar-refractivity contribution >= 4 is 68.4 Å². The zero-order valence-corrected chi connectivity index (χ0v) is 20.9. The van der Waals surface area contributed by atoms with Gasteiger partial charge < -0.3 is 15.0 Å². The molecule has 2 heterocycles. The Bertz CT molecular complexity index is 1380. The number of nitrogens with one attached hydrogen (secondary N) is 1. The Kier molecular flexibility index (Phi) is 6.73. The van der Waals surface area contributed by atoms with Gasteiger partial charge in [-0.05, 0) is 48.9 Å². The molecular formula is C26H23Cl2N3O2S. The minimum Gasteiger partial charge on any atom is -0.497 e. The second kappa shape index (κ2) is 9.90. The monoisotopic (exact) mass is 511 g/mol. The van der Waals surface area contributed by atoms with Gasteiger partial charge in [0.25, 0.3) is 0 Å². The molecule has 34 heavy (non-hydrogen) atoms. The topological polar surface area (TPSA) is 54.5 Å². The number of thioether (sulfide) groups is 1. The van der Waals surface area contributed by atoms with Crippen molar-refractivity contribution in [2.75, 3.05) is 31.3 Å². The highest BCUT2D eigenvalue weighted by Crippen LogP contribution is 2.41. The van der Waals surface area contributed by atoms with Crippen LogP contribution in [0.15, 0.2) is 60.7 Å². The van der Waals surface area contributed by atoms with Crippen molar-refractivity contribution in [2.45, 2.75) is 11.8 Å². The van der Waals surface area contributed by atoms with Crippen LogP contribution in [0, 0.1) is 0 Å². The summed E-state index contributed by atoms with van der Waals surface area (Å²) in [6.45, 7) is 1.34. The van der Waals surface area contributed by atoms with Gasteiger partial charge in [-0.25, -0.2) is 4.98 Å². The molecule has 1 aromatic heterocycles. The Morgan fingerprint density at radius 3 is 2.76 bits per heavy atom. The molecule has 1 fully saturated rings. The number of halogens is 2. The van der Waals surface area contributed by atoms with Crippen LogP contribution >= 0.6 is 35.0 Å². The molecule has 1 atom stereocenters. The molecule has 1 saturated heterocycles. The van der Waals surface area contributed by atoms with E-state index in [-0.39, 0.29) is 11.3 Å². The first kappa shape index (κ1) is 23.1. The summed E-state index contributed by atoms with van der Waals surface area (Å²) in [4.78, 5) is 19.3. The Labute approximate surface area is 212 Å². The second-order valence-corrected chi connectivity index (χ2v) is 10.00. The molecule has 174 valence electrons. The first-order valence-corrected chi connectivity index (χ1v) is 12.8. The van der Waals surface area contributed by atoms with Crippen LogP contribution in [0.3, 0.4) is 0 Å². The van der Waals surface area contributed by atoms with Crippen molar-refractivity contribution in [1.29, 1.82) is 0 Å². The first-order chi connectivity index (χ1) is 16.5. The number of aromatic nitrogens is 1. The van der Waals surface area contributed by atoms with Crippen LogP contribution in [-0.4, -0.2) is 41.7 Å². The molecule has 0 radical (unpaired) electrons. The van der Waals surface area contributed by atoms with Crippen molar-refractivity contribution in [3.8, 4) is 5.75 Å². The number of anilines is 1. The highest BCUT2D eigenvalue weighted by Gasteiger charge is 2.33. The molecule has 8 heteroatoms. The van der Waals surface area contributed by atoms with Crippen molar-refractivity contribution in [3.63, 3.8) is 0 Å². The summed E-state index contributed by atoms with van der Waals surface area (Å²) in [7, 11) is 1.66. The lowest BCUT2D eigenvalue weighted by Gasteiger charge is -2.25. The molecule has 0 bridgehead atoms. The molecule has 1 aliphatic rings. The van der Waals surface area contributed by atoms with E-state index in [1.165, 1.54) is 0 Å². The van der Waals surface area contributed by atoms with Crippen molar-refractivity contribution in [3.05, 3.63) is 76.3 Å². The molecule has 0 spiro atoms. The van der Waals surface area contributed by atoms with Gasteiger partial charge in [0.2, 0.25) is 5.91 Å². The zero-order chi connectivity index (χ0) is 23.7. The molecular weight excluding hydrogens is 489 g/mol. The highest BCUT2D eigenvalue weighted by atomic mass is 35.5. The highest BCUT2D eigenvalue weighted by molar-refractivity contribution is 8.00. The number of carbonyl (C=O) groups is 1. The number of carbonyl (C=O) groups excluding carboxylic acids is 1. The van der Waals surface area contributed by atoms with Gasteiger partial charge in [0.05, 0.1) is 29.6 Å². The largest absolute Gasteiger partial charge is 0.497 e. The van der Waals surface area contributed by atoms with Gasteiger partial charge in [-0.1, -0.05) is 41.4 Å². The Morgan fingerprint density at radius 1 is 1.09 bits per heavy atom. The lowest BCUT2D eigenvalue weighted by molar-refractivity contribution is -0.128. The number of hydrogen-bond donors (Lipinski definition) is 1. The summed E-state index contributed by atoms with van der Waals surface area (Å²) in [5, 5.41) is 6.87. The van der Waals surface area contributed by atoms with Gasteiger partial charge in [0.1, 0.15) is 11.1 Å². The van der Waals surface area contributed by atoms with E-state index in [2.05, 4.69) is 5.32 Å². The quantitative estimate of drug-likeness (QED) is 0.219. The van der Waals surface area contributed by atoms with E-state index in [1.807, 2.05) is 65.6 Å². The molecule has 4 aromatic rings. The van der Waals surface area contributed by atoms with Gasteiger partial charge >= 0.3 is 0 Å². The fourth-order valence-electron chi connectivity index (χ4n) is 4.31. The van der Waals surface area contributed by atoms with Crippen LogP contribution in [-0.2, 0) is 4.79 Å². The Hall–Kier alpha value is -2.67. The first-order valence-electron chi connectivity index (χ1n) is 11.0. The minimum absolute atomic E-state index is 0.0461. The van der Waals surface area contributed by atoms with Crippen LogP contribution in [0.2, 0.25) is 10.0 Å². The lowest BCUT2D eigenvalue weighted by atomic mass is 10.1. The number of benzene rings is 3. The standard InChI is InChI=1S/C26H23Cl2N3O2S/c1-33-17-8-10-22-20(14-17)25(19-9-7-16(27)13-23(19)30-22)29-11-4-12-31-24(32)15-34-26(31)18-5-2-3-6-21(18)28/h2-3,5-10,13-14,26H,4,11-12,15H2,1H3,(H,29,30). The van der Waals surface area contributed by atoms with Gasteiger partial charge in [-0.2, -0.15) is 0 Å². The smallest absolute Gasteiger partial charge is 0.233 e. The van der Waals surface area contributed by atoms with E-state index in [9.17, 15) is 4.79 Å². The van der Waals surface area contributed by atoms with Crippen molar-refractivity contribution in [1.82, 2.24) is 9.88 Å². The molecule has 0 saturated carbocycles. The summed E-state index contributed by atoms with van der Waals surface area (Å²) >= 11 is 14.3. The Morgan fingerprint density at radius 2 is 1.94 bits per heavy atom. The molecule has 1 aliphatic heterocycles. The zero-order valence-electron chi connectivity index (χ0n) is 18.6. The fraction of sp³-hybridized carbons (Fsp3) is 0.231. The number of pyridine rings is 1. The number of hydrogen-bond acceptors (Lipinski definition) is 5. The van der Waals surface area contributed by atoms with Gasteiger partial charge in [-0.3, -0.25) is 4.79 Å². The predicted octanol–water partition coefficient (Wildman–Crippen LogP) is 6.78. The molecule has 5 rings (SSSR count). The van der Waals surface area contributed by atoms with E-state index in [0.717, 1.165) is 45.2 Å². The number of methoxy groups -OCH3 is 1. The number of nitrogens with zero attached hydrogens (tertiary/aromatic N) is 2. The molecule has 1 unspecified atom stereocenters. The maximum absolute atomic E-state index is 12.6. The molecule has 5 nitrogen and oxygen atoms in total. The molecule has 1 amide bonds. The van der Waals surface area contributed by atoms with E-state index < -0.39 is 0 Å². The summed E-state index contributed by atoms with van der Waals surface area (Å²) in [6.07, 6.45) is 0.788. The SMILES string of the molecule is COc1ccc2nc3cc(Cl)ccc3c(NCCCN3C(=O)CSC3c3ccccc3Cl)c2c1. The van der Waals surface area contributed by atoms with E-state index in [0.29, 0.717) is 28.9 Å². The summed E-state index contributed by atoms with van der Waals surface area (Å²) < 4.78 is 5.44. The average Bonchev–Trinajstić information content (AvgIpc) is 3.20. The maximum atomic E-state index is 12.6. The number of fused-ring (bicyclic) bond motifs is 2. The number of amides is 1. The third-order valence-corrected chi connectivity index (χ3v) is 7.78. The van der Waals surface area contributed by atoms with Crippen LogP contribution < -0.4 is 10.1 Å². The third-order valence-electron chi connectivity index (χ3n) is 5.96. The fourth-order valence-corrected chi connectivity index (χ4v) is 6.03. The predicted molar refractivity (Wildman–Crippen MR) is 142 cm³/mol. The van der Waals surface area contributed by atoms with Crippen molar-refractivity contribution < 1.29 is 9.53 Å². The number of ether oxygens (including phenoxy) is 1. The van der Waals surface area contributed by atoms with E-state index in [4.69, 9.17) is 32.9 Å². The summed E-state index contributed by atoms with van der Waals surface area (Å²) in [5.41, 5.74) is 3.67. The minimum atomic E-state index is -0.0461. The van der Waals surface area contributed by atoms with Gasteiger partial charge in [0.15, 0.2) is 0 Å². The average molecular weight is 512 g/mol. The number of rotatable bonds is 7. The van der Waals surface area contributed by atoms with Crippen LogP contribution in [0.1, 0.15) is 17.4 Å². The summed E-state index contributed by atoms with van der Waals surface area (Å²) in [6, 6.07) is 19.3.